The maximum Gasteiger partial charge on any atom is 0.244 e. The molecule has 3 aromatic rings. The Morgan fingerprint density at radius 2 is 1.83 bits per heavy atom. The predicted octanol–water partition coefficient (Wildman–Crippen LogP) is 5.34. The number of carbonyl (C=O) groups is 1. The molecule has 0 aliphatic carbocycles. The van der Waals surface area contributed by atoms with Gasteiger partial charge in [-0.25, -0.2) is 4.98 Å². The van der Waals surface area contributed by atoms with Crippen LogP contribution in [0.5, 0.6) is 0 Å². The summed E-state index contributed by atoms with van der Waals surface area (Å²) in [6, 6.07) is 17.8. The molecule has 2 aromatic carbocycles. The number of alkyl halides is 1. The van der Waals surface area contributed by atoms with Crippen molar-refractivity contribution in [3.8, 4) is 11.3 Å². The predicted molar refractivity (Wildman–Crippen MR) is 104 cm³/mol. The molecule has 0 radical (unpaired) electrons. The van der Waals surface area contributed by atoms with Crippen LogP contribution in [0.1, 0.15) is 5.56 Å². The zero-order chi connectivity index (χ0) is 16.9. The summed E-state index contributed by atoms with van der Waals surface area (Å²) < 4.78 is 1.02. The Hall–Kier alpha value is -1.69. The average Bonchev–Trinajstić information content (AvgIpc) is 3.10. The van der Waals surface area contributed by atoms with Gasteiger partial charge >= 0.3 is 0 Å². The molecule has 3 nitrogen and oxygen atoms in total. The van der Waals surface area contributed by atoms with Crippen molar-refractivity contribution in [3.63, 3.8) is 0 Å². The molecule has 0 atom stereocenters. The van der Waals surface area contributed by atoms with E-state index >= 15 is 0 Å². The van der Waals surface area contributed by atoms with Gasteiger partial charge in [-0.3, -0.25) is 9.69 Å². The van der Waals surface area contributed by atoms with Crippen molar-refractivity contribution in [2.45, 2.75) is 6.54 Å². The summed E-state index contributed by atoms with van der Waals surface area (Å²) in [6.45, 7) is 0.458. The van der Waals surface area contributed by atoms with Crippen LogP contribution in [0.2, 0.25) is 0 Å². The first-order valence-corrected chi connectivity index (χ1v) is 9.50. The third-order valence-corrected chi connectivity index (χ3v) is 5.08. The number of anilines is 1. The number of carbonyl (C=O) groups excluding carboxylic acids is 1. The molecule has 0 saturated carbocycles. The van der Waals surface area contributed by atoms with E-state index in [1.165, 1.54) is 11.3 Å². The Bertz CT molecular complexity index is 821. The van der Waals surface area contributed by atoms with E-state index in [1.807, 2.05) is 60.0 Å². The quantitative estimate of drug-likeness (QED) is 0.521. The van der Waals surface area contributed by atoms with Crippen molar-refractivity contribution in [1.29, 1.82) is 0 Å². The highest BCUT2D eigenvalue weighted by atomic mass is 79.9. The molecule has 0 N–H and O–H groups in total. The number of hydrogen-bond acceptors (Lipinski definition) is 3. The normalized spacial score (nSPS) is 10.6. The summed E-state index contributed by atoms with van der Waals surface area (Å²) in [5.41, 5.74) is 2.90. The molecule has 1 aromatic heterocycles. The van der Waals surface area contributed by atoms with Crippen LogP contribution in [-0.4, -0.2) is 16.8 Å². The minimum Gasteiger partial charge on any atom is -0.283 e. The molecule has 0 fully saturated rings. The molecule has 0 aliphatic heterocycles. The monoisotopic (exact) mass is 420 g/mol. The fourth-order valence-electron chi connectivity index (χ4n) is 2.24. The lowest BCUT2D eigenvalue weighted by Gasteiger charge is -2.18. The largest absolute Gasteiger partial charge is 0.283 e. The highest BCUT2D eigenvalue weighted by Gasteiger charge is 2.19. The van der Waals surface area contributed by atoms with Gasteiger partial charge in [0, 0.05) is 15.4 Å². The number of amides is 1. The first kappa shape index (κ1) is 17.1. The van der Waals surface area contributed by atoms with Crippen LogP contribution in [-0.2, 0) is 11.3 Å². The molecule has 0 spiro atoms. The minimum absolute atomic E-state index is 0.0694. The number of rotatable bonds is 5. The van der Waals surface area contributed by atoms with Crippen LogP contribution >= 0.6 is 38.9 Å². The summed E-state index contributed by atoms with van der Waals surface area (Å²) in [5.74, 6) is -0.225. The minimum atomic E-state index is -0.155. The van der Waals surface area contributed by atoms with Crippen LogP contribution in [0.15, 0.2) is 64.5 Å². The number of nitrogens with zero attached hydrogens (tertiary/aromatic N) is 2. The van der Waals surface area contributed by atoms with Gasteiger partial charge in [-0.15, -0.1) is 22.9 Å². The van der Waals surface area contributed by atoms with Crippen LogP contribution in [0, 0.1) is 0 Å². The molecule has 0 saturated heterocycles. The Morgan fingerprint density at radius 1 is 1.12 bits per heavy atom. The van der Waals surface area contributed by atoms with E-state index in [0.717, 1.165) is 21.3 Å². The molecule has 122 valence electrons. The number of benzene rings is 2. The van der Waals surface area contributed by atoms with E-state index in [9.17, 15) is 4.79 Å². The second-order valence-electron chi connectivity index (χ2n) is 5.12. The van der Waals surface area contributed by atoms with E-state index in [-0.39, 0.29) is 11.8 Å². The van der Waals surface area contributed by atoms with Crippen molar-refractivity contribution in [2.75, 3.05) is 10.8 Å². The lowest BCUT2D eigenvalue weighted by Crippen LogP contribution is -2.31. The second-order valence-corrected chi connectivity index (χ2v) is 7.14. The second kappa shape index (κ2) is 7.92. The van der Waals surface area contributed by atoms with Crippen molar-refractivity contribution in [3.05, 3.63) is 70.0 Å². The summed E-state index contributed by atoms with van der Waals surface area (Å²) in [5, 5.41) is 2.61. The Labute approximate surface area is 158 Å². The molecule has 3 rings (SSSR count). The maximum absolute atomic E-state index is 12.3. The van der Waals surface area contributed by atoms with Crippen LogP contribution < -0.4 is 4.90 Å². The fraction of sp³-hybridized carbons (Fsp3) is 0.111. The van der Waals surface area contributed by atoms with Crippen LogP contribution in [0.3, 0.4) is 0 Å². The maximum atomic E-state index is 12.3. The van der Waals surface area contributed by atoms with E-state index in [2.05, 4.69) is 20.9 Å². The van der Waals surface area contributed by atoms with Crippen molar-refractivity contribution in [2.24, 2.45) is 0 Å². The van der Waals surface area contributed by atoms with Gasteiger partial charge in [-0.2, -0.15) is 0 Å². The summed E-state index contributed by atoms with van der Waals surface area (Å²) in [4.78, 5) is 18.5. The van der Waals surface area contributed by atoms with Crippen molar-refractivity contribution >= 4 is 49.9 Å². The van der Waals surface area contributed by atoms with Gasteiger partial charge in [0.1, 0.15) is 5.88 Å². The van der Waals surface area contributed by atoms with Gasteiger partial charge in [0.25, 0.3) is 0 Å². The van der Waals surface area contributed by atoms with E-state index in [4.69, 9.17) is 11.6 Å². The molecule has 0 aliphatic rings. The van der Waals surface area contributed by atoms with Gasteiger partial charge < -0.3 is 0 Å². The number of thiazole rings is 1. The summed E-state index contributed by atoms with van der Waals surface area (Å²) >= 11 is 10.7. The zero-order valence-electron chi connectivity index (χ0n) is 12.7. The summed E-state index contributed by atoms with van der Waals surface area (Å²) in [7, 11) is 0. The molecule has 1 heterocycles. The molecular formula is C18H14BrClN2OS. The lowest BCUT2D eigenvalue weighted by atomic mass is 10.2. The smallest absolute Gasteiger partial charge is 0.244 e. The fourth-order valence-corrected chi connectivity index (χ4v) is 3.50. The van der Waals surface area contributed by atoms with E-state index in [0.29, 0.717) is 11.7 Å². The van der Waals surface area contributed by atoms with Gasteiger partial charge in [0.2, 0.25) is 5.91 Å². The summed E-state index contributed by atoms with van der Waals surface area (Å²) in [6.07, 6.45) is 0. The van der Waals surface area contributed by atoms with Gasteiger partial charge in [0.15, 0.2) is 5.13 Å². The average molecular weight is 422 g/mol. The molecular weight excluding hydrogens is 408 g/mol. The first-order valence-electron chi connectivity index (χ1n) is 7.29. The molecule has 24 heavy (non-hydrogen) atoms. The standard InChI is InChI=1S/C18H14BrClN2OS/c19-15-8-6-14(7-9-15)16-12-24-18(21-16)22(17(23)10-20)11-13-4-2-1-3-5-13/h1-9,12H,10-11H2. The van der Waals surface area contributed by atoms with Crippen LogP contribution in [0.4, 0.5) is 5.13 Å². The Morgan fingerprint density at radius 3 is 2.50 bits per heavy atom. The SMILES string of the molecule is O=C(CCl)N(Cc1ccccc1)c1nc(-c2ccc(Br)cc2)cs1. The molecule has 1 amide bonds. The first-order chi connectivity index (χ1) is 11.7. The number of hydrogen-bond donors (Lipinski definition) is 0. The number of halogens is 2. The van der Waals surface area contributed by atoms with E-state index < -0.39 is 0 Å². The zero-order valence-corrected chi connectivity index (χ0v) is 15.8. The third-order valence-electron chi connectivity index (χ3n) is 3.46. The third kappa shape index (κ3) is 4.04. The van der Waals surface area contributed by atoms with Crippen molar-refractivity contribution in [1.82, 2.24) is 4.98 Å². The topological polar surface area (TPSA) is 33.2 Å². The van der Waals surface area contributed by atoms with Gasteiger partial charge in [-0.1, -0.05) is 58.4 Å². The highest BCUT2D eigenvalue weighted by molar-refractivity contribution is 9.10. The number of aromatic nitrogens is 1. The highest BCUT2D eigenvalue weighted by Crippen LogP contribution is 2.29. The molecule has 6 heteroatoms. The van der Waals surface area contributed by atoms with Crippen molar-refractivity contribution < 1.29 is 4.79 Å². The van der Waals surface area contributed by atoms with Gasteiger partial charge in [-0.05, 0) is 17.7 Å². The van der Waals surface area contributed by atoms with Gasteiger partial charge in [0.05, 0.1) is 12.2 Å². The lowest BCUT2D eigenvalue weighted by molar-refractivity contribution is -0.116. The van der Waals surface area contributed by atoms with E-state index in [1.54, 1.807) is 4.90 Å². The van der Waals surface area contributed by atoms with Crippen LogP contribution in [0.25, 0.3) is 11.3 Å². The Balaban J connectivity index is 1.88. The molecule has 0 bridgehead atoms. The molecule has 0 unspecified atom stereocenters. The Kier molecular flexibility index (Phi) is 5.66.